The first kappa shape index (κ1) is 17.3. The highest BCUT2D eigenvalue weighted by Gasteiger charge is 2.16. The van der Waals surface area contributed by atoms with Crippen LogP contribution in [0.15, 0.2) is 36.5 Å². The monoisotopic (exact) mass is 382 g/mol. The number of nitrogens with one attached hydrogen (secondary N) is 1. The molecule has 0 atom stereocenters. The first-order chi connectivity index (χ1) is 11.8. The minimum absolute atomic E-state index is 0.0422. The van der Waals surface area contributed by atoms with Crippen LogP contribution >= 0.6 is 23.2 Å². The van der Waals surface area contributed by atoms with Crippen LogP contribution in [-0.2, 0) is 0 Å². The van der Waals surface area contributed by atoms with Crippen LogP contribution in [0.3, 0.4) is 0 Å². The van der Waals surface area contributed by atoms with Gasteiger partial charge in [-0.05, 0) is 31.2 Å². The third kappa shape index (κ3) is 3.62. The highest BCUT2D eigenvalue weighted by Crippen LogP contribution is 2.25. The molecule has 9 heteroatoms. The number of pyridine rings is 1. The van der Waals surface area contributed by atoms with Crippen molar-refractivity contribution >= 4 is 34.9 Å². The van der Waals surface area contributed by atoms with Gasteiger partial charge in [-0.15, -0.1) is 0 Å². The Morgan fingerprint density at radius 1 is 1.16 bits per heavy atom. The van der Waals surface area contributed by atoms with Gasteiger partial charge in [0.2, 0.25) is 0 Å². The van der Waals surface area contributed by atoms with E-state index in [0.29, 0.717) is 10.7 Å². The van der Waals surface area contributed by atoms with Crippen molar-refractivity contribution in [3.05, 3.63) is 69.5 Å². The molecule has 2 aromatic heterocycles. The topological polar surface area (TPSA) is 59.8 Å². The van der Waals surface area contributed by atoms with Crippen molar-refractivity contribution in [3.8, 4) is 5.82 Å². The summed E-state index contributed by atoms with van der Waals surface area (Å²) in [4.78, 5) is 16.4. The van der Waals surface area contributed by atoms with Crippen molar-refractivity contribution < 1.29 is 13.6 Å². The fourth-order valence-electron chi connectivity index (χ4n) is 2.14. The number of halogens is 4. The van der Waals surface area contributed by atoms with E-state index in [9.17, 15) is 13.6 Å². The summed E-state index contributed by atoms with van der Waals surface area (Å²) in [5.74, 6) is -2.25. The summed E-state index contributed by atoms with van der Waals surface area (Å²) in [7, 11) is 0. The maximum atomic E-state index is 13.3. The van der Waals surface area contributed by atoms with Crippen molar-refractivity contribution in [2.24, 2.45) is 0 Å². The molecule has 3 rings (SSSR count). The van der Waals surface area contributed by atoms with E-state index in [1.165, 1.54) is 23.0 Å². The van der Waals surface area contributed by atoms with Gasteiger partial charge >= 0.3 is 0 Å². The molecule has 1 amide bonds. The maximum absolute atomic E-state index is 13.3. The largest absolute Gasteiger partial charge is 0.306 e. The molecular formula is C16H10Cl2F2N4O. The number of carbonyl (C=O) groups is 1. The highest BCUT2D eigenvalue weighted by atomic mass is 35.5. The van der Waals surface area contributed by atoms with E-state index in [2.05, 4.69) is 15.4 Å². The third-order valence-electron chi connectivity index (χ3n) is 3.24. The SMILES string of the molecule is Cc1cc(NC(=O)c2ccc(F)c(F)c2)n(-c2ncc(Cl)cc2Cl)n1. The van der Waals surface area contributed by atoms with Gasteiger partial charge in [0.1, 0.15) is 5.82 Å². The van der Waals surface area contributed by atoms with Gasteiger partial charge < -0.3 is 5.32 Å². The number of aryl methyl sites for hydroxylation is 1. The van der Waals surface area contributed by atoms with Crippen LogP contribution in [0, 0.1) is 18.6 Å². The van der Waals surface area contributed by atoms with E-state index < -0.39 is 17.5 Å². The molecule has 2 heterocycles. The zero-order valence-electron chi connectivity index (χ0n) is 12.7. The Hall–Kier alpha value is -2.51. The van der Waals surface area contributed by atoms with Gasteiger partial charge in [-0.3, -0.25) is 4.79 Å². The van der Waals surface area contributed by atoms with Gasteiger partial charge in [-0.1, -0.05) is 23.2 Å². The summed E-state index contributed by atoms with van der Waals surface area (Å²) in [5.41, 5.74) is 0.549. The summed E-state index contributed by atoms with van der Waals surface area (Å²) < 4.78 is 27.6. The second-order valence-corrected chi connectivity index (χ2v) is 5.97. The van der Waals surface area contributed by atoms with E-state index in [1.54, 1.807) is 13.0 Å². The van der Waals surface area contributed by atoms with Crippen LogP contribution in [0.5, 0.6) is 0 Å². The van der Waals surface area contributed by atoms with Crippen LogP contribution < -0.4 is 5.32 Å². The summed E-state index contributed by atoms with van der Waals surface area (Å²) in [6.07, 6.45) is 1.39. The van der Waals surface area contributed by atoms with Crippen molar-refractivity contribution in [1.29, 1.82) is 0 Å². The van der Waals surface area contributed by atoms with Crippen molar-refractivity contribution in [2.75, 3.05) is 5.32 Å². The zero-order valence-corrected chi connectivity index (χ0v) is 14.2. The molecule has 0 radical (unpaired) electrons. The Bertz CT molecular complexity index is 975. The van der Waals surface area contributed by atoms with E-state index in [0.717, 1.165) is 12.1 Å². The number of amides is 1. The number of hydrogen-bond acceptors (Lipinski definition) is 3. The molecule has 5 nitrogen and oxygen atoms in total. The minimum Gasteiger partial charge on any atom is -0.306 e. The Labute approximate surface area is 151 Å². The fourth-order valence-corrected chi connectivity index (χ4v) is 2.60. The first-order valence-corrected chi connectivity index (χ1v) is 7.75. The van der Waals surface area contributed by atoms with Crippen molar-refractivity contribution in [1.82, 2.24) is 14.8 Å². The summed E-state index contributed by atoms with van der Waals surface area (Å²) >= 11 is 12.0. The number of benzene rings is 1. The Morgan fingerprint density at radius 3 is 2.60 bits per heavy atom. The van der Waals surface area contributed by atoms with Crippen molar-refractivity contribution in [3.63, 3.8) is 0 Å². The van der Waals surface area contributed by atoms with Crippen LogP contribution in [0.1, 0.15) is 16.1 Å². The normalized spacial score (nSPS) is 10.8. The third-order valence-corrected chi connectivity index (χ3v) is 3.73. The lowest BCUT2D eigenvalue weighted by Crippen LogP contribution is -2.16. The molecule has 0 aliphatic rings. The molecule has 0 unspecified atom stereocenters. The van der Waals surface area contributed by atoms with Gasteiger partial charge in [0, 0.05) is 17.8 Å². The van der Waals surface area contributed by atoms with Gasteiger partial charge in [0.25, 0.3) is 5.91 Å². The second kappa shape index (κ2) is 6.78. The standard InChI is InChI=1S/C16H10Cl2F2N4O/c1-8-4-14(22-16(25)9-2-3-12(19)13(20)5-9)24(23-8)15-11(18)6-10(17)7-21-15/h2-7H,1H3,(H,22,25). The number of rotatable bonds is 3. The molecule has 25 heavy (non-hydrogen) atoms. The summed E-state index contributed by atoms with van der Waals surface area (Å²) in [6.45, 7) is 1.72. The van der Waals surface area contributed by atoms with Crippen LogP contribution in [0.25, 0.3) is 5.82 Å². The average molecular weight is 383 g/mol. The molecular weight excluding hydrogens is 373 g/mol. The van der Waals surface area contributed by atoms with Gasteiger partial charge in [-0.25, -0.2) is 13.8 Å². The number of anilines is 1. The number of aromatic nitrogens is 3. The lowest BCUT2D eigenvalue weighted by molar-refractivity contribution is 0.102. The zero-order chi connectivity index (χ0) is 18.1. The first-order valence-electron chi connectivity index (χ1n) is 6.99. The predicted octanol–water partition coefficient (Wildman–Crippen LogP) is 4.41. The van der Waals surface area contributed by atoms with E-state index >= 15 is 0 Å². The van der Waals surface area contributed by atoms with E-state index in [-0.39, 0.29) is 22.2 Å². The molecule has 0 fully saturated rings. The van der Waals surface area contributed by atoms with Crippen LogP contribution in [0.4, 0.5) is 14.6 Å². The highest BCUT2D eigenvalue weighted by molar-refractivity contribution is 6.35. The molecule has 1 aromatic carbocycles. The smallest absolute Gasteiger partial charge is 0.256 e. The molecule has 0 aliphatic carbocycles. The lowest BCUT2D eigenvalue weighted by Gasteiger charge is -2.10. The van der Waals surface area contributed by atoms with E-state index in [1.807, 2.05) is 0 Å². The van der Waals surface area contributed by atoms with Crippen molar-refractivity contribution in [2.45, 2.75) is 6.92 Å². The van der Waals surface area contributed by atoms with E-state index in [4.69, 9.17) is 23.2 Å². The minimum atomic E-state index is -1.11. The molecule has 0 aliphatic heterocycles. The Morgan fingerprint density at radius 2 is 1.92 bits per heavy atom. The van der Waals surface area contributed by atoms with Gasteiger partial charge in [-0.2, -0.15) is 9.78 Å². The average Bonchev–Trinajstić information content (AvgIpc) is 2.90. The lowest BCUT2D eigenvalue weighted by atomic mass is 10.2. The molecule has 128 valence electrons. The number of hydrogen-bond donors (Lipinski definition) is 1. The molecule has 0 saturated heterocycles. The fraction of sp³-hybridized carbons (Fsp3) is 0.0625. The molecule has 1 N–H and O–H groups in total. The quantitative estimate of drug-likeness (QED) is 0.729. The molecule has 0 bridgehead atoms. The summed E-state index contributed by atoms with van der Waals surface area (Å²) in [6, 6.07) is 5.94. The number of nitrogens with zero attached hydrogens (tertiary/aromatic N) is 3. The molecule has 3 aromatic rings. The van der Waals surface area contributed by atoms with Gasteiger partial charge in [0.15, 0.2) is 17.5 Å². The Kier molecular flexibility index (Phi) is 4.69. The summed E-state index contributed by atoms with van der Waals surface area (Å²) in [5, 5.41) is 7.39. The second-order valence-electron chi connectivity index (χ2n) is 5.12. The maximum Gasteiger partial charge on any atom is 0.256 e. The Balaban J connectivity index is 1.95. The van der Waals surface area contributed by atoms with Crippen LogP contribution in [-0.4, -0.2) is 20.7 Å². The predicted molar refractivity (Wildman–Crippen MR) is 90.4 cm³/mol. The molecule has 0 saturated carbocycles. The number of carbonyl (C=O) groups excluding carboxylic acids is 1. The molecule has 0 spiro atoms. The van der Waals surface area contributed by atoms with Crippen LogP contribution in [0.2, 0.25) is 10.0 Å². The van der Waals surface area contributed by atoms with Gasteiger partial charge in [0.05, 0.1) is 15.7 Å².